The van der Waals surface area contributed by atoms with Gasteiger partial charge in [0.05, 0.1) is 10.6 Å². The van der Waals surface area contributed by atoms with Gasteiger partial charge in [0, 0.05) is 11.1 Å². The summed E-state index contributed by atoms with van der Waals surface area (Å²) in [4.78, 5) is 11.1. The monoisotopic (exact) mass is 272 g/mol. The van der Waals surface area contributed by atoms with Crippen LogP contribution in [0.1, 0.15) is 34.8 Å². The fourth-order valence-corrected chi connectivity index (χ4v) is 1.69. The maximum Gasteiger partial charge on any atom is 0.416 e. The second-order valence-electron chi connectivity index (χ2n) is 3.28. The molecule has 0 aliphatic rings. The number of ketones is 1. The molecule has 7 heteroatoms. The van der Waals surface area contributed by atoms with E-state index in [9.17, 15) is 26.7 Å². The van der Waals surface area contributed by atoms with Crippen LogP contribution in [0.2, 0.25) is 5.02 Å². The number of Topliss-reactive ketones (excluding diaryl/α,β-unsaturated/α-hetero) is 1. The van der Waals surface area contributed by atoms with Crippen molar-refractivity contribution in [3.63, 3.8) is 0 Å². The van der Waals surface area contributed by atoms with Crippen molar-refractivity contribution in [1.82, 2.24) is 0 Å². The van der Waals surface area contributed by atoms with E-state index >= 15 is 0 Å². The van der Waals surface area contributed by atoms with E-state index in [0.29, 0.717) is 6.07 Å². The fourth-order valence-electron chi connectivity index (χ4n) is 1.34. The minimum absolute atomic E-state index is 0.243. The topological polar surface area (TPSA) is 17.1 Å². The predicted molar refractivity (Wildman–Crippen MR) is 51.4 cm³/mol. The summed E-state index contributed by atoms with van der Waals surface area (Å²) in [6.07, 6.45) is -7.99. The summed E-state index contributed by atoms with van der Waals surface area (Å²) in [5.74, 6) is -0.806. The Bertz CT molecular complexity index is 453. The standard InChI is InChI=1S/C10H6ClF5O/c1-4(17)8-6(9(12)13)2-5(3-7(8)11)10(14,15)16/h2-3,9H,1H3. The molecule has 1 nitrogen and oxygen atoms in total. The Kier molecular flexibility index (Phi) is 3.76. The summed E-state index contributed by atoms with van der Waals surface area (Å²) in [6.45, 7) is 0.959. The molecule has 1 rings (SSSR count). The first kappa shape index (κ1) is 13.9. The number of benzene rings is 1. The lowest BCUT2D eigenvalue weighted by Crippen LogP contribution is -2.09. The van der Waals surface area contributed by atoms with Gasteiger partial charge in [-0.15, -0.1) is 0 Å². The molecule has 0 unspecified atom stereocenters. The van der Waals surface area contributed by atoms with Gasteiger partial charge in [-0.2, -0.15) is 13.2 Å². The van der Waals surface area contributed by atoms with E-state index in [4.69, 9.17) is 11.6 Å². The highest BCUT2D eigenvalue weighted by atomic mass is 35.5. The van der Waals surface area contributed by atoms with E-state index in [0.717, 1.165) is 6.92 Å². The molecule has 0 atom stereocenters. The second-order valence-corrected chi connectivity index (χ2v) is 3.68. The highest BCUT2D eigenvalue weighted by Gasteiger charge is 2.33. The van der Waals surface area contributed by atoms with Crippen molar-refractivity contribution in [2.45, 2.75) is 19.5 Å². The van der Waals surface area contributed by atoms with Gasteiger partial charge in [-0.1, -0.05) is 11.6 Å². The first-order chi connectivity index (χ1) is 7.64. The summed E-state index contributed by atoms with van der Waals surface area (Å²) in [5, 5.41) is -0.623. The number of hydrogen-bond donors (Lipinski definition) is 0. The van der Waals surface area contributed by atoms with Gasteiger partial charge in [-0.25, -0.2) is 8.78 Å². The van der Waals surface area contributed by atoms with Crippen LogP contribution in [0.4, 0.5) is 22.0 Å². The van der Waals surface area contributed by atoms with Crippen LogP contribution in [0.3, 0.4) is 0 Å². The number of halogens is 6. The zero-order valence-corrected chi connectivity index (χ0v) is 9.16. The summed E-state index contributed by atoms with van der Waals surface area (Å²) >= 11 is 5.43. The maximum atomic E-state index is 12.6. The van der Waals surface area contributed by atoms with Crippen LogP contribution >= 0.6 is 11.6 Å². The maximum absolute atomic E-state index is 12.6. The Morgan fingerprint density at radius 2 is 1.82 bits per heavy atom. The quantitative estimate of drug-likeness (QED) is 0.572. The third-order valence-corrected chi connectivity index (χ3v) is 2.33. The minimum Gasteiger partial charge on any atom is -0.294 e. The van der Waals surface area contributed by atoms with Crippen molar-refractivity contribution < 1.29 is 26.7 Å². The molecule has 0 radical (unpaired) electrons. The summed E-state index contributed by atoms with van der Waals surface area (Å²) in [5.41, 5.74) is -2.88. The van der Waals surface area contributed by atoms with E-state index in [1.54, 1.807) is 0 Å². The second kappa shape index (κ2) is 4.60. The van der Waals surface area contributed by atoms with Crippen molar-refractivity contribution in [2.24, 2.45) is 0 Å². The van der Waals surface area contributed by atoms with Gasteiger partial charge >= 0.3 is 6.18 Å². The van der Waals surface area contributed by atoms with Gasteiger partial charge in [0.15, 0.2) is 5.78 Å². The van der Waals surface area contributed by atoms with Crippen LogP contribution in [0.25, 0.3) is 0 Å². The molecule has 0 aliphatic carbocycles. The summed E-state index contributed by atoms with van der Waals surface area (Å²) in [6, 6.07) is 0.706. The molecule has 1 aromatic carbocycles. The van der Waals surface area contributed by atoms with Gasteiger partial charge in [-0.3, -0.25) is 4.79 Å². The summed E-state index contributed by atoms with van der Waals surface area (Å²) < 4.78 is 62.2. The molecular weight excluding hydrogens is 267 g/mol. The van der Waals surface area contributed by atoms with Crippen molar-refractivity contribution in [1.29, 1.82) is 0 Å². The highest BCUT2D eigenvalue weighted by molar-refractivity contribution is 6.34. The molecule has 0 N–H and O–H groups in total. The van der Waals surface area contributed by atoms with E-state index in [-0.39, 0.29) is 6.07 Å². The van der Waals surface area contributed by atoms with Crippen LogP contribution < -0.4 is 0 Å². The molecule has 0 fully saturated rings. The smallest absolute Gasteiger partial charge is 0.294 e. The molecule has 0 aromatic heterocycles. The Hall–Kier alpha value is -1.17. The molecule has 17 heavy (non-hydrogen) atoms. The molecule has 94 valence electrons. The van der Waals surface area contributed by atoms with E-state index in [2.05, 4.69) is 0 Å². The third kappa shape index (κ3) is 2.94. The first-order valence-corrected chi connectivity index (χ1v) is 4.72. The zero-order chi connectivity index (χ0) is 13.4. The van der Waals surface area contributed by atoms with Crippen molar-refractivity contribution in [3.05, 3.63) is 33.8 Å². The number of hydrogen-bond acceptors (Lipinski definition) is 1. The molecule has 0 bridgehead atoms. The minimum atomic E-state index is -4.79. The lowest BCUT2D eigenvalue weighted by atomic mass is 10.0. The van der Waals surface area contributed by atoms with Crippen LogP contribution in [0.5, 0.6) is 0 Å². The van der Waals surface area contributed by atoms with Gasteiger partial charge in [-0.05, 0) is 19.1 Å². The number of alkyl halides is 5. The number of rotatable bonds is 2. The molecule has 0 aliphatic heterocycles. The SMILES string of the molecule is CC(=O)c1c(Cl)cc(C(F)(F)F)cc1C(F)F. The van der Waals surface area contributed by atoms with Crippen LogP contribution in [0, 0.1) is 0 Å². The molecular formula is C10H6ClF5O. The van der Waals surface area contributed by atoms with Gasteiger partial charge in [0.25, 0.3) is 6.43 Å². The first-order valence-electron chi connectivity index (χ1n) is 4.34. The van der Waals surface area contributed by atoms with Crippen LogP contribution in [-0.2, 0) is 6.18 Å². The Morgan fingerprint density at radius 1 is 1.29 bits per heavy atom. The predicted octanol–water partition coefficient (Wildman–Crippen LogP) is 4.50. The lowest BCUT2D eigenvalue weighted by molar-refractivity contribution is -0.137. The Balaban J connectivity index is 3.52. The highest BCUT2D eigenvalue weighted by Crippen LogP contribution is 2.37. The van der Waals surface area contributed by atoms with E-state index in [1.165, 1.54) is 0 Å². The van der Waals surface area contributed by atoms with Crippen LogP contribution in [-0.4, -0.2) is 5.78 Å². The molecule has 1 aromatic rings. The largest absolute Gasteiger partial charge is 0.416 e. The van der Waals surface area contributed by atoms with E-state index in [1.807, 2.05) is 0 Å². The van der Waals surface area contributed by atoms with Gasteiger partial charge in [0.1, 0.15) is 0 Å². The molecule has 0 amide bonds. The molecule has 0 spiro atoms. The van der Waals surface area contributed by atoms with E-state index < -0.39 is 40.1 Å². The summed E-state index contributed by atoms with van der Waals surface area (Å²) in [7, 11) is 0. The van der Waals surface area contributed by atoms with Crippen LogP contribution in [0.15, 0.2) is 12.1 Å². The Morgan fingerprint density at radius 3 is 2.18 bits per heavy atom. The fraction of sp³-hybridized carbons (Fsp3) is 0.300. The van der Waals surface area contributed by atoms with Crippen molar-refractivity contribution in [2.75, 3.05) is 0 Å². The number of carbonyl (C=O) groups is 1. The molecule has 0 saturated heterocycles. The van der Waals surface area contributed by atoms with Crippen molar-refractivity contribution >= 4 is 17.4 Å². The lowest BCUT2D eigenvalue weighted by Gasteiger charge is -2.13. The zero-order valence-electron chi connectivity index (χ0n) is 8.41. The average Bonchev–Trinajstić information content (AvgIpc) is 2.13. The normalized spacial score (nSPS) is 12.0. The third-order valence-electron chi connectivity index (χ3n) is 2.04. The average molecular weight is 273 g/mol. The van der Waals surface area contributed by atoms with Gasteiger partial charge < -0.3 is 0 Å². The molecule has 0 heterocycles. The molecule has 0 saturated carbocycles. The Labute approximate surface area is 98.2 Å². The van der Waals surface area contributed by atoms with Crippen molar-refractivity contribution in [3.8, 4) is 0 Å². The number of carbonyl (C=O) groups excluding carboxylic acids is 1. The van der Waals surface area contributed by atoms with Gasteiger partial charge in [0.2, 0.25) is 0 Å².